The number of hydrogen-bond donors (Lipinski definition) is 0. The number of allylic oxidation sites excluding steroid dienone is 1. The van der Waals surface area contributed by atoms with Crippen LogP contribution >= 0.6 is 0 Å². The Labute approximate surface area is 92.3 Å². The van der Waals surface area contributed by atoms with E-state index in [9.17, 15) is 4.79 Å². The summed E-state index contributed by atoms with van der Waals surface area (Å²) in [5.41, 5.74) is 0. The molecule has 0 aromatic carbocycles. The molecule has 1 aliphatic carbocycles. The third kappa shape index (κ3) is 3.16. The van der Waals surface area contributed by atoms with Crippen molar-refractivity contribution in [2.45, 2.75) is 51.0 Å². The molecule has 84 valence electrons. The number of carbonyl (C=O) groups is 1. The quantitative estimate of drug-likeness (QED) is 0.616. The number of nitrogens with zero attached hydrogens (tertiary/aromatic N) is 1. The summed E-state index contributed by atoms with van der Waals surface area (Å²) in [7, 11) is 0. The van der Waals surface area contributed by atoms with Gasteiger partial charge in [-0.2, -0.15) is 0 Å². The first-order valence-electron chi connectivity index (χ1n) is 6.29. The predicted molar refractivity (Wildman–Crippen MR) is 61.8 cm³/mol. The van der Waals surface area contributed by atoms with Gasteiger partial charge in [0, 0.05) is 32.0 Å². The van der Waals surface area contributed by atoms with Crippen LogP contribution in [0.3, 0.4) is 0 Å². The third-order valence-electron chi connectivity index (χ3n) is 3.55. The van der Waals surface area contributed by atoms with Gasteiger partial charge in [-0.05, 0) is 19.3 Å². The summed E-state index contributed by atoms with van der Waals surface area (Å²) in [5, 5.41) is 0. The van der Waals surface area contributed by atoms with Crippen molar-refractivity contribution in [1.82, 2.24) is 4.90 Å². The molecule has 0 aromatic heterocycles. The van der Waals surface area contributed by atoms with E-state index in [1.807, 2.05) is 0 Å². The van der Waals surface area contributed by atoms with Crippen LogP contribution in [0.2, 0.25) is 0 Å². The van der Waals surface area contributed by atoms with Crippen molar-refractivity contribution < 1.29 is 4.79 Å². The minimum absolute atomic E-state index is 0.445. The van der Waals surface area contributed by atoms with Crippen LogP contribution < -0.4 is 0 Å². The molecule has 2 aliphatic rings. The summed E-state index contributed by atoms with van der Waals surface area (Å²) in [6.45, 7) is 1.96. The maximum Gasteiger partial charge on any atom is 0.135 e. The maximum absolute atomic E-state index is 11.2. The molecule has 2 heteroatoms. The van der Waals surface area contributed by atoms with Gasteiger partial charge in [-0.3, -0.25) is 9.69 Å². The van der Waals surface area contributed by atoms with Crippen molar-refractivity contribution in [3.8, 4) is 0 Å². The minimum Gasteiger partial charge on any atom is -0.300 e. The maximum atomic E-state index is 11.2. The molecule has 0 saturated carbocycles. The zero-order valence-corrected chi connectivity index (χ0v) is 9.45. The van der Waals surface area contributed by atoms with Gasteiger partial charge >= 0.3 is 0 Å². The summed E-state index contributed by atoms with van der Waals surface area (Å²) in [6.07, 6.45) is 12.8. The molecule has 0 N–H and O–H groups in total. The lowest BCUT2D eigenvalue weighted by Gasteiger charge is -2.33. The monoisotopic (exact) mass is 207 g/mol. The number of hydrogen-bond acceptors (Lipinski definition) is 2. The second-order valence-corrected chi connectivity index (χ2v) is 4.71. The average molecular weight is 207 g/mol. The molecule has 1 heterocycles. The van der Waals surface area contributed by atoms with Crippen LogP contribution in [0.4, 0.5) is 0 Å². The number of rotatable bonds is 1. The Morgan fingerprint density at radius 1 is 1.13 bits per heavy atom. The standard InChI is InChI=1S/C13H21NO/c15-13-8-10-14(11-9-13)12-6-4-2-1-3-5-7-12/h4,6,12H,1-3,5,7-11H2/b6-4-. The fraction of sp³-hybridized carbons (Fsp3) is 0.769. The Hall–Kier alpha value is -0.630. The van der Waals surface area contributed by atoms with Crippen molar-refractivity contribution in [2.24, 2.45) is 0 Å². The van der Waals surface area contributed by atoms with Gasteiger partial charge in [0.15, 0.2) is 0 Å². The highest BCUT2D eigenvalue weighted by Gasteiger charge is 2.21. The van der Waals surface area contributed by atoms with Gasteiger partial charge in [0.05, 0.1) is 0 Å². The first kappa shape index (κ1) is 10.9. The summed E-state index contributed by atoms with van der Waals surface area (Å²) >= 11 is 0. The van der Waals surface area contributed by atoms with E-state index in [2.05, 4.69) is 17.1 Å². The zero-order chi connectivity index (χ0) is 10.5. The van der Waals surface area contributed by atoms with E-state index in [0.717, 1.165) is 25.9 Å². The van der Waals surface area contributed by atoms with Crippen LogP contribution in [0.1, 0.15) is 44.9 Å². The summed E-state index contributed by atoms with van der Waals surface area (Å²) < 4.78 is 0. The Balaban J connectivity index is 1.90. The van der Waals surface area contributed by atoms with E-state index in [4.69, 9.17) is 0 Å². The van der Waals surface area contributed by atoms with E-state index in [0.29, 0.717) is 11.8 Å². The number of piperidine rings is 1. The van der Waals surface area contributed by atoms with Gasteiger partial charge in [-0.25, -0.2) is 0 Å². The molecular weight excluding hydrogens is 186 g/mol. The van der Waals surface area contributed by atoms with Crippen LogP contribution in [0.5, 0.6) is 0 Å². The molecule has 1 saturated heterocycles. The third-order valence-corrected chi connectivity index (χ3v) is 3.55. The predicted octanol–water partition coefficient (Wildman–Crippen LogP) is 2.54. The molecule has 0 bridgehead atoms. The molecule has 0 aromatic rings. The highest BCUT2D eigenvalue weighted by Crippen LogP contribution is 2.19. The Morgan fingerprint density at radius 3 is 2.73 bits per heavy atom. The van der Waals surface area contributed by atoms with Crippen LogP contribution in [0.15, 0.2) is 12.2 Å². The van der Waals surface area contributed by atoms with Crippen molar-refractivity contribution in [2.75, 3.05) is 13.1 Å². The first-order valence-corrected chi connectivity index (χ1v) is 6.29. The lowest BCUT2D eigenvalue weighted by atomic mass is 9.99. The Bertz CT molecular complexity index is 237. The number of carbonyl (C=O) groups excluding carboxylic acids is 1. The fourth-order valence-corrected chi connectivity index (χ4v) is 2.55. The molecule has 0 amide bonds. The zero-order valence-electron chi connectivity index (χ0n) is 9.45. The van der Waals surface area contributed by atoms with E-state index in [1.54, 1.807) is 0 Å². The van der Waals surface area contributed by atoms with E-state index >= 15 is 0 Å². The molecule has 0 spiro atoms. The largest absolute Gasteiger partial charge is 0.300 e. The molecular formula is C13H21NO. The molecule has 15 heavy (non-hydrogen) atoms. The molecule has 1 fully saturated rings. The lowest BCUT2D eigenvalue weighted by molar-refractivity contribution is -0.121. The second kappa shape index (κ2) is 5.45. The topological polar surface area (TPSA) is 20.3 Å². The fourth-order valence-electron chi connectivity index (χ4n) is 2.55. The molecule has 1 aliphatic heterocycles. The SMILES string of the molecule is O=C1CCN(C2/C=C\CCCCC2)CC1. The van der Waals surface area contributed by atoms with Crippen molar-refractivity contribution in [1.29, 1.82) is 0 Å². The Morgan fingerprint density at radius 2 is 1.93 bits per heavy atom. The highest BCUT2D eigenvalue weighted by molar-refractivity contribution is 5.79. The van der Waals surface area contributed by atoms with Crippen molar-refractivity contribution in [3.05, 3.63) is 12.2 Å². The van der Waals surface area contributed by atoms with Crippen LogP contribution in [0.25, 0.3) is 0 Å². The van der Waals surface area contributed by atoms with Gasteiger partial charge in [-0.1, -0.05) is 25.0 Å². The average Bonchev–Trinajstić information content (AvgIpc) is 2.19. The minimum atomic E-state index is 0.445. The van der Waals surface area contributed by atoms with Crippen LogP contribution in [-0.4, -0.2) is 29.8 Å². The van der Waals surface area contributed by atoms with Crippen LogP contribution in [0, 0.1) is 0 Å². The Kier molecular flexibility index (Phi) is 3.95. The normalized spacial score (nSPS) is 32.0. The van der Waals surface area contributed by atoms with Crippen LogP contribution in [-0.2, 0) is 4.79 Å². The van der Waals surface area contributed by atoms with E-state index in [1.165, 1.54) is 32.1 Å². The van der Waals surface area contributed by atoms with E-state index < -0.39 is 0 Å². The number of Topliss-reactive ketones (excluding diaryl/α,β-unsaturated/α-hetero) is 1. The number of likely N-dealkylation sites (tertiary alicyclic amines) is 1. The van der Waals surface area contributed by atoms with Gasteiger partial charge < -0.3 is 0 Å². The molecule has 1 atom stereocenters. The highest BCUT2D eigenvalue weighted by atomic mass is 16.1. The smallest absolute Gasteiger partial charge is 0.135 e. The number of ketones is 1. The molecule has 0 radical (unpaired) electrons. The molecule has 1 unspecified atom stereocenters. The molecule has 2 rings (SSSR count). The van der Waals surface area contributed by atoms with Crippen molar-refractivity contribution in [3.63, 3.8) is 0 Å². The summed E-state index contributed by atoms with van der Waals surface area (Å²) in [6, 6.07) is 0.610. The summed E-state index contributed by atoms with van der Waals surface area (Å²) in [5.74, 6) is 0.445. The molecule has 2 nitrogen and oxygen atoms in total. The van der Waals surface area contributed by atoms with Crippen molar-refractivity contribution >= 4 is 5.78 Å². The van der Waals surface area contributed by atoms with Gasteiger partial charge in [0.1, 0.15) is 5.78 Å². The lowest BCUT2D eigenvalue weighted by Crippen LogP contribution is -2.40. The van der Waals surface area contributed by atoms with Gasteiger partial charge in [-0.15, -0.1) is 0 Å². The first-order chi connectivity index (χ1) is 7.36. The second-order valence-electron chi connectivity index (χ2n) is 4.71. The van der Waals surface area contributed by atoms with Gasteiger partial charge in [0.2, 0.25) is 0 Å². The van der Waals surface area contributed by atoms with Gasteiger partial charge in [0.25, 0.3) is 0 Å². The summed E-state index contributed by atoms with van der Waals surface area (Å²) in [4.78, 5) is 13.7. The van der Waals surface area contributed by atoms with E-state index in [-0.39, 0.29) is 0 Å².